The highest BCUT2D eigenvalue weighted by atomic mass is 32.1. The van der Waals surface area contributed by atoms with Gasteiger partial charge in [-0.2, -0.15) is 0 Å². The van der Waals surface area contributed by atoms with E-state index >= 15 is 0 Å². The van der Waals surface area contributed by atoms with Gasteiger partial charge in [0.1, 0.15) is 5.00 Å². The standard InChI is InChI=1S/C18H15N3O2S/c19-16(22)14-10-15(24-17(14)21-18(20)23)13-8-4-7-12(9-13)11-5-2-1-3-6-11/h1-10H,(H2,19,22)(H3,20,21,23). The van der Waals surface area contributed by atoms with E-state index in [-0.39, 0.29) is 5.56 Å². The predicted octanol–water partition coefficient (Wildman–Crippen LogP) is 3.67. The number of amides is 3. The van der Waals surface area contributed by atoms with Crippen molar-refractivity contribution in [3.63, 3.8) is 0 Å². The molecule has 0 fully saturated rings. The number of primary amides is 2. The Bertz CT molecular complexity index is 904. The van der Waals surface area contributed by atoms with Gasteiger partial charge in [-0.15, -0.1) is 11.3 Å². The molecule has 5 nitrogen and oxygen atoms in total. The van der Waals surface area contributed by atoms with Crippen LogP contribution >= 0.6 is 11.3 Å². The maximum absolute atomic E-state index is 11.6. The molecule has 0 radical (unpaired) electrons. The zero-order valence-electron chi connectivity index (χ0n) is 12.7. The van der Waals surface area contributed by atoms with Gasteiger partial charge in [0.05, 0.1) is 5.56 Å². The molecule has 0 spiro atoms. The fourth-order valence-electron chi connectivity index (χ4n) is 2.40. The molecule has 0 aliphatic heterocycles. The number of benzene rings is 2. The quantitative estimate of drug-likeness (QED) is 0.677. The minimum atomic E-state index is -0.732. The van der Waals surface area contributed by atoms with Crippen LogP contribution in [0.15, 0.2) is 60.7 Å². The van der Waals surface area contributed by atoms with Crippen LogP contribution in [-0.2, 0) is 0 Å². The van der Waals surface area contributed by atoms with Crippen LogP contribution in [0.3, 0.4) is 0 Å². The zero-order valence-corrected chi connectivity index (χ0v) is 13.5. The Morgan fingerprint density at radius 1 is 0.833 bits per heavy atom. The number of anilines is 1. The molecule has 0 bridgehead atoms. The summed E-state index contributed by atoms with van der Waals surface area (Å²) < 4.78 is 0. The first kappa shape index (κ1) is 15.8. The Morgan fingerprint density at radius 2 is 1.50 bits per heavy atom. The van der Waals surface area contributed by atoms with Gasteiger partial charge in [0.2, 0.25) is 0 Å². The molecule has 0 atom stereocenters. The first-order valence-corrected chi connectivity index (χ1v) is 8.02. The number of hydrogen-bond acceptors (Lipinski definition) is 3. The number of rotatable bonds is 4. The first-order chi connectivity index (χ1) is 11.5. The third-order valence-corrected chi connectivity index (χ3v) is 4.59. The van der Waals surface area contributed by atoms with E-state index in [4.69, 9.17) is 11.5 Å². The second-order valence-electron chi connectivity index (χ2n) is 5.15. The van der Waals surface area contributed by atoms with E-state index in [0.29, 0.717) is 5.00 Å². The highest BCUT2D eigenvalue weighted by Gasteiger charge is 2.16. The molecular weight excluding hydrogens is 322 g/mol. The van der Waals surface area contributed by atoms with Crippen LogP contribution in [0.1, 0.15) is 10.4 Å². The summed E-state index contributed by atoms with van der Waals surface area (Å²) in [6.45, 7) is 0. The van der Waals surface area contributed by atoms with Crippen molar-refractivity contribution in [3.8, 4) is 21.6 Å². The van der Waals surface area contributed by atoms with Crippen molar-refractivity contribution < 1.29 is 9.59 Å². The highest BCUT2D eigenvalue weighted by Crippen LogP contribution is 2.36. The lowest BCUT2D eigenvalue weighted by Gasteiger charge is -2.04. The number of carbonyl (C=O) groups excluding carboxylic acids is 2. The van der Waals surface area contributed by atoms with Gasteiger partial charge in [-0.3, -0.25) is 10.1 Å². The summed E-state index contributed by atoms with van der Waals surface area (Å²) in [6, 6.07) is 18.9. The number of nitrogens with two attached hydrogens (primary N) is 2. The zero-order chi connectivity index (χ0) is 17.1. The molecule has 3 rings (SSSR count). The van der Waals surface area contributed by atoms with Crippen LogP contribution in [0.5, 0.6) is 0 Å². The molecule has 2 aromatic carbocycles. The molecule has 1 aromatic heterocycles. The molecule has 0 aliphatic rings. The van der Waals surface area contributed by atoms with Crippen molar-refractivity contribution in [2.24, 2.45) is 11.5 Å². The summed E-state index contributed by atoms with van der Waals surface area (Å²) >= 11 is 1.26. The number of thiophene rings is 1. The Balaban J connectivity index is 2.03. The molecule has 24 heavy (non-hydrogen) atoms. The Kier molecular flexibility index (Phi) is 4.31. The maximum Gasteiger partial charge on any atom is 0.317 e. The second kappa shape index (κ2) is 6.55. The van der Waals surface area contributed by atoms with Gasteiger partial charge >= 0.3 is 6.03 Å². The van der Waals surface area contributed by atoms with Crippen molar-refractivity contribution in [1.82, 2.24) is 0 Å². The molecule has 0 saturated carbocycles. The van der Waals surface area contributed by atoms with Crippen molar-refractivity contribution in [2.45, 2.75) is 0 Å². The summed E-state index contributed by atoms with van der Waals surface area (Å²) in [5.41, 5.74) is 13.9. The molecule has 3 amide bonds. The van der Waals surface area contributed by atoms with Gasteiger partial charge in [0.25, 0.3) is 5.91 Å². The smallest absolute Gasteiger partial charge is 0.317 e. The summed E-state index contributed by atoms with van der Waals surface area (Å²) in [7, 11) is 0. The lowest BCUT2D eigenvalue weighted by Crippen LogP contribution is -2.21. The molecule has 0 aliphatic carbocycles. The van der Waals surface area contributed by atoms with Gasteiger partial charge < -0.3 is 11.5 Å². The monoisotopic (exact) mass is 337 g/mol. The average Bonchev–Trinajstić information content (AvgIpc) is 2.99. The molecule has 6 heteroatoms. The van der Waals surface area contributed by atoms with E-state index in [1.165, 1.54) is 11.3 Å². The molecule has 1 heterocycles. The number of hydrogen-bond donors (Lipinski definition) is 3. The molecule has 3 aromatic rings. The fraction of sp³-hybridized carbons (Fsp3) is 0. The van der Waals surface area contributed by atoms with Crippen LogP contribution in [0.4, 0.5) is 9.80 Å². The molecule has 5 N–H and O–H groups in total. The predicted molar refractivity (Wildman–Crippen MR) is 96.9 cm³/mol. The molecule has 0 saturated heterocycles. The minimum absolute atomic E-state index is 0.249. The van der Waals surface area contributed by atoms with E-state index in [0.717, 1.165) is 21.6 Å². The van der Waals surface area contributed by atoms with Crippen LogP contribution in [0, 0.1) is 0 Å². The van der Waals surface area contributed by atoms with Crippen molar-refractivity contribution in [2.75, 3.05) is 5.32 Å². The van der Waals surface area contributed by atoms with Crippen LogP contribution in [-0.4, -0.2) is 11.9 Å². The van der Waals surface area contributed by atoms with E-state index in [1.807, 2.05) is 54.6 Å². The first-order valence-electron chi connectivity index (χ1n) is 7.20. The lowest BCUT2D eigenvalue weighted by molar-refractivity contribution is 0.100. The van der Waals surface area contributed by atoms with Crippen LogP contribution in [0.25, 0.3) is 21.6 Å². The average molecular weight is 337 g/mol. The van der Waals surface area contributed by atoms with E-state index in [9.17, 15) is 9.59 Å². The summed E-state index contributed by atoms with van der Waals surface area (Å²) in [5, 5.41) is 2.80. The normalized spacial score (nSPS) is 10.3. The van der Waals surface area contributed by atoms with Gasteiger partial charge in [-0.1, -0.05) is 48.5 Å². The third-order valence-electron chi connectivity index (χ3n) is 3.49. The van der Waals surface area contributed by atoms with Crippen LogP contribution < -0.4 is 16.8 Å². The summed E-state index contributed by atoms with van der Waals surface area (Å²) in [4.78, 5) is 23.5. The maximum atomic E-state index is 11.6. The van der Waals surface area contributed by atoms with Gasteiger partial charge in [0.15, 0.2) is 0 Å². The van der Waals surface area contributed by atoms with Gasteiger partial charge in [-0.05, 0) is 28.8 Å². The SMILES string of the molecule is NC(=O)Nc1sc(-c2cccc(-c3ccccc3)c2)cc1C(N)=O. The molecular formula is C18H15N3O2S. The summed E-state index contributed by atoms with van der Waals surface area (Å²) in [5.74, 6) is -0.611. The lowest BCUT2D eigenvalue weighted by atomic mass is 10.0. The number of nitrogens with one attached hydrogen (secondary N) is 1. The van der Waals surface area contributed by atoms with Crippen LogP contribution in [0.2, 0.25) is 0 Å². The van der Waals surface area contributed by atoms with Crippen molar-refractivity contribution in [1.29, 1.82) is 0 Å². The number of urea groups is 1. The van der Waals surface area contributed by atoms with Gasteiger partial charge in [-0.25, -0.2) is 4.79 Å². The van der Waals surface area contributed by atoms with E-state index in [2.05, 4.69) is 5.32 Å². The molecule has 0 unspecified atom stereocenters. The number of carbonyl (C=O) groups is 2. The van der Waals surface area contributed by atoms with Crippen molar-refractivity contribution >= 4 is 28.3 Å². The topological polar surface area (TPSA) is 98.2 Å². The third kappa shape index (κ3) is 3.28. The summed E-state index contributed by atoms with van der Waals surface area (Å²) in [6.07, 6.45) is 0. The van der Waals surface area contributed by atoms with E-state index in [1.54, 1.807) is 6.07 Å². The minimum Gasteiger partial charge on any atom is -0.366 e. The fourth-order valence-corrected chi connectivity index (χ4v) is 3.47. The Morgan fingerprint density at radius 3 is 2.17 bits per heavy atom. The Labute approximate surface area is 142 Å². The van der Waals surface area contributed by atoms with E-state index < -0.39 is 11.9 Å². The molecule has 120 valence electrons. The highest BCUT2D eigenvalue weighted by molar-refractivity contribution is 7.20. The second-order valence-corrected chi connectivity index (χ2v) is 6.21. The van der Waals surface area contributed by atoms with Crippen molar-refractivity contribution in [3.05, 3.63) is 66.2 Å². The Hall–Kier alpha value is -3.12. The largest absolute Gasteiger partial charge is 0.366 e. The van der Waals surface area contributed by atoms with Gasteiger partial charge in [0, 0.05) is 4.88 Å².